The molecule has 0 aliphatic carbocycles. The Labute approximate surface area is 95.1 Å². The highest BCUT2D eigenvalue weighted by atomic mass is 16.1. The zero-order valence-corrected chi connectivity index (χ0v) is 9.46. The van der Waals surface area contributed by atoms with E-state index in [0.717, 1.165) is 43.8 Å². The predicted octanol–water partition coefficient (Wildman–Crippen LogP) is -0.0302. The third kappa shape index (κ3) is 2.36. The van der Waals surface area contributed by atoms with Crippen LogP contribution in [0.25, 0.3) is 0 Å². The lowest BCUT2D eigenvalue weighted by Gasteiger charge is -2.33. The highest BCUT2D eigenvalue weighted by Gasteiger charge is 2.17. The Balaban J connectivity index is 2.16. The topological polar surface area (TPSA) is 49.3 Å². The molecule has 1 aliphatic rings. The van der Waals surface area contributed by atoms with Crippen LogP contribution in [-0.2, 0) is 11.2 Å². The molecule has 1 aromatic heterocycles. The van der Waals surface area contributed by atoms with Gasteiger partial charge in [-0.15, -0.1) is 0 Å². The number of piperazine rings is 1. The molecular weight excluding hydrogens is 204 g/mol. The Hall–Kier alpha value is -1.49. The molecule has 0 aromatic carbocycles. The fraction of sp³-hybridized carbons (Fsp3) is 0.545. The second-order valence-electron chi connectivity index (χ2n) is 4.03. The molecule has 0 radical (unpaired) electrons. The molecular formula is C11H16N4O. The zero-order valence-electron chi connectivity index (χ0n) is 9.46. The number of hydrogen-bond donors (Lipinski definition) is 0. The first-order valence-electron chi connectivity index (χ1n) is 5.47. The van der Waals surface area contributed by atoms with Crippen LogP contribution in [0.1, 0.15) is 5.56 Å². The highest BCUT2D eigenvalue weighted by Crippen LogP contribution is 2.17. The molecule has 86 valence electrons. The minimum Gasteiger partial charge on any atom is -0.354 e. The molecule has 0 amide bonds. The smallest absolute Gasteiger partial charge is 0.135 e. The molecule has 5 heteroatoms. The van der Waals surface area contributed by atoms with Crippen molar-refractivity contribution in [3.8, 4) is 0 Å². The summed E-state index contributed by atoms with van der Waals surface area (Å²) < 4.78 is 0. The van der Waals surface area contributed by atoms with E-state index in [4.69, 9.17) is 0 Å². The Kier molecular flexibility index (Phi) is 3.46. The summed E-state index contributed by atoms with van der Waals surface area (Å²) in [4.78, 5) is 23.3. The van der Waals surface area contributed by atoms with E-state index < -0.39 is 0 Å². The van der Waals surface area contributed by atoms with Gasteiger partial charge < -0.3 is 14.6 Å². The van der Waals surface area contributed by atoms with Crippen molar-refractivity contribution in [3.63, 3.8) is 0 Å². The van der Waals surface area contributed by atoms with E-state index >= 15 is 0 Å². The maximum atomic E-state index is 10.6. The lowest BCUT2D eigenvalue weighted by Crippen LogP contribution is -2.45. The maximum absolute atomic E-state index is 10.6. The summed E-state index contributed by atoms with van der Waals surface area (Å²) in [5, 5.41) is 0. The van der Waals surface area contributed by atoms with Crippen LogP contribution in [0.4, 0.5) is 5.82 Å². The third-order valence-electron chi connectivity index (χ3n) is 2.87. The van der Waals surface area contributed by atoms with Crippen LogP contribution in [0.3, 0.4) is 0 Å². The molecule has 0 unspecified atom stereocenters. The highest BCUT2D eigenvalue weighted by molar-refractivity contribution is 5.60. The lowest BCUT2D eigenvalue weighted by atomic mass is 10.2. The fourth-order valence-electron chi connectivity index (χ4n) is 1.89. The van der Waals surface area contributed by atoms with Crippen LogP contribution < -0.4 is 4.90 Å². The van der Waals surface area contributed by atoms with Crippen LogP contribution in [0.5, 0.6) is 0 Å². The Morgan fingerprint density at radius 2 is 2.12 bits per heavy atom. The standard InChI is InChI=1S/C11H16N4O/c1-14-3-5-15(6-4-14)11-10(2-7-16)8-12-9-13-11/h7-9H,2-6H2,1H3. The summed E-state index contributed by atoms with van der Waals surface area (Å²) in [6.07, 6.45) is 4.57. The number of carbonyl (C=O) groups is 1. The van der Waals surface area contributed by atoms with Crippen LogP contribution in [0.15, 0.2) is 12.5 Å². The molecule has 1 fully saturated rings. The fourth-order valence-corrected chi connectivity index (χ4v) is 1.89. The molecule has 0 atom stereocenters. The summed E-state index contributed by atoms with van der Waals surface area (Å²) in [6.45, 7) is 3.98. The molecule has 1 aromatic rings. The second kappa shape index (κ2) is 5.03. The van der Waals surface area contributed by atoms with Crippen molar-refractivity contribution in [2.45, 2.75) is 6.42 Å². The summed E-state index contributed by atoms with van der Waals surface area (Å²) in [6, 6.07) is 0. The van der Waals surface area contributed by atoms with Gasteiger partial charge in [-0.05, 0) is 7.05 Å². The van der Waals surface area contributed by atoms with E-state index in [2.05, 4.69) is 26.8 Å². The van der Waals surface area contributed by atoms with Gasteiger partial charge in [-0.2, -0.15) is 0 Å². The van der Waals surface area contributed by atoms with Crippen molar-refractivity contribution in [2.75, 3.05) is 38.1 Å². The minimum atomic E-state index is 0.391. The number of hydrogen-bond acceptors (Lipinski definition) is 5. The van der Waals surface area contributed by atoms with Crippen molar-refractivity contribution >= 4 is 12.1 Å². The van der Waals surface area contributed by atoms with Gasteiger partial charge in [-0.25, -0.2) is 9.97 Å². The number of anilines is 1. The first-order valence-corrected chi connectivity index (χ1v) is 5.47. The summed E-state index contributed by atoms with van der Waals surface area (Å²) in [5.74, 6) is 0.912. The van der Waals surface area contributed by atoms with Gasteiger partial charge in [-0.3, -0.25) is 0 Å². The predicted molar refractivity (Wildman–Crippen MR) is 61.5 cm³/mol. The molecule has 0 N–H and O–H groups in total. The molecule has 0 spiro atoms. The van der Waals surface area contributed by atoms with E-state index in [1.165, 1.54) is 0 Å². The maximum Gasteiger partial charge on any atom is 0.135 e. The molecule has 1 aliphatic heterocycles. The van der Waals surface area contributed by atoms with Gasteiger partial charge in [0.15, 0.2) is 0 Å². The number of carbonyl (C=O) groups excluding carboxylic acids is 1. The summed E-state index contributed by atoms with van der Waals surface area (Å²) in [5.41, 5.74) is 0.919. The number of likely N-dealkylation sites (N-methyl/N-ethyl adjacent to an activating group) is 1. The van der Waals surface area contributed by atoms with Gasteiger partial charge in [0.25, 0.3) is 0 Å². The number of aldehydes is 1. The number of rotatable bonds is 3. The first kappa shape index (κ1) is 11.0. The van der Waals surface area contributed by atoms with E-state index in [1.54, 1.807) is 12.5 Å². The van der Waals surface area contributed by atoms with Crippen LogP contribution in [0, 0.1) is 0 Å². The van der Waals surface area contributed by atoms with Crippen molar-refractivity contribution in [2.24, 2.45) is 0 Å². The summed E-state index contributed by atoms with van der Waals surface area (Å²) in [7, 11) is 2.11. The lowest BCUT2D eigenvalue weighted by molar-refractivity contribution is -0.107. The van der Waals surface area contributed by atoms with Crippen molar-refractivity contribution < 1.29 is 4.79 Å². The van der Waals surface area contributed by atoms with Crippen LogP contribution >= 0.6 is 0 Å². The van der Waals surface area contributed by atoms with E-state index in [1.807, 2.05) is 0 Å². The zero-order chi connectivity index (χ0) is 11.4. The van der Waals surface area contributed by atoms with Crippen LogP contribution in [-0.4, -0.2) is 54.4 Å². The van der Waals surface area contributed by atoms with E-state index in [0.29, 0.717) is 6.42 Å². The largest absolute Gasteiger partial charge is 0.354 e. The van der Waals surface area contributed by atoms with Crippen molar-refractivity contribution in [1.82, 2.24) is 14.9 Å². The Morgan fingerprint density at radius 3 is 2.81 bits per heavy atom. The molecule has 2 rings (SSSR count). The first-order chi connectivity index (χ1) is 7.81. The second-order valence-corrected chi connectivity index (χ2v) is 4.03. The van der Waals surface area contributed by atoms with Gasteiger partial charge in [0, 0.05) is 44.4 Å². The van der Waals surface area contributed by atoms with E-state index in [9.17, 15) is 4.79 Å². The van der Waals surface area contributed by atoms with Gasteiger partial charge in [0.05, 0.1) is 0 Å². The third-order valence-corrected chi connectivity index (χ3v) is 2.87. The normalized spacial score (nSPS) is 17.4. The average molecular weight is 220 g/mol. The number of aromatic nitrogens is 2. The average Bonchev–Trinajstić information content (AvgIpc) is 2.32. The molecule has 16 heavy (non-hydrogen) atoms. The van der Waals surface area contributed by atoms with Crippen LogP contribution in [0.2, 0.25) is 0 Å². The van der Waals surface area contributed by atoms with Gasteiger partial charge in [-0.1, -0.05) is 0 Å². The van der Waals surface area contributed by atoms with Crippen molar-refractivity contribution in [1.29, 1.82) is 0 Å². The van der Waals surface area contributed by atoms with E-state index in [-0.39, 0.29) is 0 Å². The molecule has 0 saturated carbocycles. The minimum absolute atomic E-state index is 0.391. The quantitative estimate of drug-likeness (QED) is 0.669. The molecule has 1 saturated heterocycles. The van der Waals surface area contributed by atoms with Gasteiger partial charge in [0.2, 0.25) is 0 Å². The SMILES string of the molecule is CN1CCN(c2ncncc2CC=O)CC1. The van der Waals surface area contributed by atoms with Gasteiger partial charge >= 0.3 is 0 Å². The number of nitrogens with zero attached hydrogens (tertiary/aromatic N) is 4. The molecule has 5 nitrogen and oxygen atoms in total. The Bertz CT molecular complexity index is 361. The monoisotopic (exact) mass is 220 g/mol. The van der Waals surface area contributed by atoms with Crippen molar-refractivity contribution in [3.05, 3.63) is 18.1 Å². The summed E-state index contributed by atoms with van der Waals surface area (Å²) >= 11 is 0. The van der Waals surface area contributed by atoms with Gasteiger partial charge in [0.1, 0.15) is 18.4 Å². The molecule has 0 bridgehead atoms. The Morgan fingerprint density at radius 1 is 1.38 bits per heavy atom. The molecule has 2 heterocycles.